The molecule has 1 heterocycles. The minimum atomic E-state index is -2.76. The van der Waals surface area contributed by atoms with Gasteiger partial charge in [0.2, 0.25) is 0 Å². The lowest BCUT2D eigenvalue weighted by molar-refractivity contribution is -0.194. The summed E-state index contributed by atoms with van der Waals surface area (Å²) in [6, 6.07) is 1.60. The molecular weight excluding hydrogens is 304 g/mol. The van der Waals surface area contributed by atoms with Gasteiger partial charge in [-0.3, -0.25) is 0 Å². The predicted octanol–water partition coefficient (Wildman–Crippen LogP) is 1.37. The van der Waals surface area contributed by atoms with Gasteiger partial charge in [-0.25, -0.2) is 9.59 Å². The molecule has 0 spiro atoms. The van der Waals surface area contributed by atoms with Crippen molar-refractivity contribution in [1.82, 2.24) is 0 Å². The summed E-state index contributed by atoms with van der Waals surface area (Å²) in [4.78, 5) is 22.8. The minimum absolute atomic E-state index is 0.109. The molecule has 0 bridgehead atoms. The molecule has 0 aromatic heterocycles. The number of carboxylic acids is 2. The topological polar surface area (TPSA) is 113 Å². The molecule has 23 heavy (non-hydrogen) atoms. The summed E-state index contributed by atoms with van der Waals surface area (Å²) in [7, 11) is 0. The van der Waals surface area contributed by atoms with Crippen LogP contribution in [0.1, 0.15) is 37.5 Å². The molecule has 0 unspecified atom stereocenters. The molecule has 3 N–H and O–H groups in total. The minimum Gasteiger partial charge on any atom is -0.475 e. The van der Waals surface area contributed by atoms with Crippen molar-refractivity contribution in [3.8, 4) is 11.5 Å². The molecule has 126 valence electrons. The molecule has 1 aliphatic rings. The SMILES string of the molecule is CCc1cc2c(c(CC)c1C[C@@H](C)O)OC(C(=O)O)(C(=O)O)O2. The molecular formula is C16H20O7. The summed E-state index contributed by atoms with van der Waals surface area (Å²) < 4.78 is 10.4. The maximum Gasteiger partial charge on any atom is 0.453 e. The Morgan fingerprint density at radius 2 is 1.74 bits per heavy atom. The Balaban J connectivity index is 2.63. The standard InChI is InChI=1S/C16H20O7/c1-4-9-7-12-13(10(5-2)11(9)6-8(3)17)23-16(22-12,14(18)19)15(20)21/h7-8,17H,4-6H2,1-3H3,(H,18,19)(H,20,21)/t8-/m1/s1. The third-order valence-electron chi connectivity index (χ3n) is 3.85. The Morgan fingerprint density at radius 3 is 2.17 bits per heavy atom. The van der Waals surface area contributed by atoms with E-state index >= 15 is 0 Å². The number of fused-ring (bicyclic) bond motifs is 1. The van der Waals surface area contributed by atoms with E-state index in [4.69, 9.17) is 9.47 Å². The monoisotopic (exact) mass is 324 g/mol. The van der Waals surface area contributed by atoms with E-state index in [2.05, 4.69) is 0 Å². The Bertz CT molecular complexity index is 634. The van der Waals surface area contributed by atoms with Crippen LogP contribution in [0.2, 0.25) is 0 Å². The lowest BCUT2D eigenvalue weighted by Gasteiger charge is -2.18. The quantitative estimate of drug-likeness (QED) is 0.677. The fourth-order valence-corrected chi connectivity index (χ4v) is 2.80. The first-order valence-electron chi connectivity index (χ1n) is 7.47. The largest absolute Gasteiger partial charge is 0.475 e. The summed E-state index contributed by atoms with van der Waals surface area (Å²) in [5.41, 5.74) is 2.39. The van der Waals surface area contributed by atoms with Gasteiger partial charge in [0.05, 0.1) is 6.10 Å². The average Bonchev–Trinajstić information content (AvgIpc) is 2.86. The summed E-state index contributed by atoms with van der Waals surface area (Å²) in [6.07, 6.45) is 0.918. The van der Waals surface area contributed by atoms with Crippen LogP contribution in [-0.4, -0.2) is 39.1 Å². The van der Waals surface area contributed by atoms with Gasteiger partial charge in [0.1, 0.15) is 0 Å². The zero-order chi connectivity index (χ0) is 17.4. The van der Waals surface area contributed by atoms with E-state index in [1.165, 1.54) is 0 Å². The molecule has 0 saturated heterocycles. The van der Waals surface area contributed by atoms with Gasteiger partial charge in [0.25, 0.3) is 0 Å². The number of aliphatic hydroxyl groups excluding tert-OH is 1. The number of ether oxygens (including phenoxy) is 2. The van der Waals surface area contributed by atoms with Crippen LogP contribution in [0, 0.1) is 0 Å². The zero-order valence-electron chi connectivity index (χ0n) is 13.3. The van der Waals surface area contributed by atoms with Gasteiger partial charge >= 0.3 is 17.7 Å². The number of hydrogen-bond acceptors (Lipinski definition) is 5. The Morgan fingerprint density at radius 1 is 1.13 bits per heavy atom. The first kappa shape index (κ1) is 17.1. The molecule has 0 fully saturated rings. The summed E-state index contributed by atoms with van der Waals surface area (Å²) in [6.45, 7) is 5.43. The molecule has 0 radical (unpaired) electrons. The Labute approximate surface area is 133 Å². The first-order chi connectivity index (χ1) is 10.8. The smallest absolute Gasteiger partial charge is 0.453 e. The number of aliphatic hydroxyl groups is 1. The normalized spacial score (nSPS) is 16.2. The zero-order valence-corrected chi connectivity index (χ0v) is 13.3. The van der Waals surface area contributed by atoms with E-state index in [0.717, 1.165) is 11.1 Å². The Kier molecular flexibility index (Phi) is 4.51. The molecule has 1 aromatic rings. The lowest BCUT2D eigenvalue weighted by atomic mass is 9.92. The van der Waals surface area contributed by atoms with Crippen molar-refractivity contribution in [2.45, 2.75) is 51.9 Å². The van der Waals surface area contributed by atoms with Gasteiger partial charge in [-0.1, -0.05) is 13.8 Å². The van der Waals surface area contributed by atoms with E-state index in [0.29, 0.717) is 24.8 Å². The van der Waals surface area contributed by atoms with Crippen LogP contribution >= 0.6 is 0 Å². The van der Waals surface area contributed by atoms with Gasteiger partial charge in [0.15, 0.2) is 11.5 Å². The molecule has 0 saturated carbocycles. The third-order valence-corrected chi connectivity index (χ3v) is 3.85. The highest BCUT2D eigenvalue weighted by Gasteiger charge is 2.58. The van der Waals surface area contributed by atoms with Crippen LogP contribution in [-0.2, 0) is 28.9 Å². The molecule has 0 amide bonds. The van der Waals surface area contributed by atoms with E-state index in [9.17, 15) is 24.9 Å². The number of aryl methyl sites for hydroxylation is 1. The van der Waals surface area contributed by atoms with Crippen LogP contribution in [0.4, 0.5) is 0 Å². The number of hydrogen-bond donors (Lipinski definition) is 3. The molecule has 7 nitrogen and oxygen atoms in total. The van der Waals surface area contributed by atoms with Crippen molar-refractivity contribution < 1.29 is 34.4 Å². The van der Waals surface area contributed by atoms with Crippen LogP contribution in [0.25, 0.3) is 0 Å². The van der Waals surface area contributed by atoms with Gasteiger partial charge in [-0.15, -0.1) is 0 Å². The van der Waals surface area contributed by atoms with Gasteiger partial charge in [-0.05, 0) is 43.4 Å². The molecule has 7 heteroatoms. The summed E-state index contributed by atoms with van der Waals surface area (Å²) in [5.74, 6) is -5.97. The highest BCUT2D eigenvalue weighted by atomic mass is 16.8. The van der Waals surface area contributed by atoms with Crippen LogP contribution in [0.3, 0.4) is 0 Å². The highest BCUT2D eigenvalue weighted by Crippen LogP contribution is 2.45. The first-order valence-corrected chi connectivity index (χ1v) is 7.47. The second-order valence-electron chi connectivity index (χ2n) is 5.51. The van der Waals surface area contributed by atoms with Crippen molar-refractivity contribution in [3.63, 3.8) is 0 Å². The maximum atomic E-state index is 11.4. The molecule has 1 aliphatic heterocycles. The van der Waals surface area contributed by atoms with E-state index in [1.807, 2.05) is 13.8 Å². The van der Waals surface area contributed by atoms with Crippen LogP contribution < -0.4 is 9.47 Å². The van der Waals surface area contributed by atoms with Gasteiger partial charge < -0.3 is 24.8 Å². The van der Waals surface area contributed by atoms with Crippen molar-refractivity contribution in [1.29, 1.82) is 0 Å². The molecule has 2 rings (SSSR count). The average molecular weight is 324 g/mol. The van der Waals surface area contributed by atoms with Crippen molar-refractivity contribution in [2.24, 2.45) is 0 Å². The second kappa shape index (κ2) is 6.08. The summed E-state index contributed by atoms with van der Waals surface area (Å²) >= 11 is 0. The second-order valence-corrected chi connectivity index (χ2v) is 5.51. The van der Waals surface area contributed by atoms with E-state index in [-0.39, 0.29) is 11.5 Å². The number of benzene rings is 1. The lowest BCUT2D eigenvalue weighted by Crippen LogP contribution is -2.54. The number of aliphatic carboxylic acids is 2. The van der Waals surface area contributed by atoms with Crippen molar-refractivity contribution >= 4 is 11.9 Å². The molecule has 1 atom stereocenters. The van der Waals surface area contributed by atoms with E-state index in [1.54, 1.807) is 13.0 Å². The van der Waals surface area contributed by atoms with Gasteiger partial charge in [-0.2, -0.15) is 0 Å². The van der Waals surface area contributed by atoms with Crippen molar-refractivity contribution in [2.75, 3.05) is 0 Å². The van der Waals surface area contributed by atoms with Crippen LogP contribution in [0.15, 0.2) is 6.07 Å². The molecule has 1 aromatic carbocycles. The highest BCUT2D eigenvalue weighted by molar-refractivity contribution is 6.01. The van der Waals surface area contributed by atoms with Crippen LogP contribution in [0.5, 0.6) is 11.5 Å². The van der Waals surface area contributed by atoms with Gasteiger partial charge in [0, 0.05) is 5.56 Å². The number of carbonyl (C=O) groups is 2. The fraction of sp³-hybridized carbons (Fsp3) is 0.500. The summed E-state index contributed by atoms with van der Waals surface area (Å²) in [5, 5.41) is 28.2. The molecule has 0 aliphatic carbocycles. The number of rotatable bonds is 6. The number of carboxylic acid groups (broad SMARTS) is 2. The third kappa shape index (κ3) is 2.72. The fourth-order valence-electron chi connectivity index (χ4n) is 2.80. The van der Waals surface area contributed by atoms with Crippen molar-refractivity contribution in [3.05, 3.63) is 22.8 Å². The predicted molar refractivity (Wildman–Crippen MR) is 79.8 cm³/mol. The van der Waals surface area contributed by atoms with E-state index < -0.39 is 23.8 Å². The maximum absolute atomic E-state index is 11.4. The Hall–Kier alpha value is -2.28.